The van der Waals surface area contributed by atoms with Crippen molar-refractivity contribution in [3.05, 3.63) is 11.3 Å². The van der Waals surface area contributed by atoms with Crippen LogP contribution in [0.5, 0.6) is 0 Å². The third kappa shape index (κ3) is 2.34. The van der Waals surface area contributed by atoms with Crippen LogP contribution in [-0.4, -0.2) is 4.43 Å². The van der Waals surface area contributed by atoms with Crippen molar-refractivity contribution in [1.82, 2.24) is 0 Å². The highest BCUT2D eigenvalue weighted by atomic mass is 127. The number of halogens is 1. The lowest BCUT2D eigenvalue weighted by Crippen LogP contribution is -2.01. The first-order valence-corrected chi connectivity index (χ1v) is 3.63. The fourth-order valence-electron chi connectivity index (χ4n) is 0.235. The van der Waals surface area contributed by atoms with Crippen LogP contribution in [0.3, 0.4) is 0 Å². The van der Waals surface area contributed by atoms with Gasteiger partial charge in [-0.1, -0.05) is 22.6 Å². The van der Waals surface area contributed by atoms with Gasteiger partial charge in [-0.05, 0) is 0 Å². The van der Waals surface area contributed by atoms with E-state index in [0.29, 0.717) is 10.1 Å². The number of hydrogen-bond acceptors (Lipinski definition) is 3. The molecule has 2 N–H and O–H groups in total. The minimum absolute atomic E-state index is 0.0180. The molecule has 0 aliphatic heterocycles. The van der Waals surface area contributed by atoms with Crippen molar-refractivity contribution in [2.45, 2.75) is 0 Å². The van der Waals surface area contributed by atoms with Crippen molar-refractivity contribution < 1.29 is 0 Å². The highest BCUT2D eigenvalue weighted by molar-refractivity contribution is 14.1. The number of allylic oxidation sites excluding steroid dienone is 2. The van der Waals surface area contributed by atoms with Crippen molar-refractivity contribution >= 4 is 22.6 Å². The summed E-state index contributed by atoms with van der Waals surface area (Å²) in [6, 6.07) is 3.38. The zero-order valence-electron chi connectivity index (χ0n) is 4.56. The van der Waals surface area contributed by atoms with Gasteiger partial charge in [0.05, 0.1) is 0 Å². The second kappa shape index (κ2) is 4.16. The Labute approximate surface area is 66.9 Å². The summed E-state index contributed by atoms with van der Waals surface area (Å²) < 4.78 is 0.522. The van der Waals surface area contributed by atoms with Gasteiger partial charge in [0.2, 0.25) is 0 Å². The van der Waals surface area contributed by atoms with Gasteiger partial charge in [-0.25, -0.2) is 0 Å². The maximum atomic E-state index is 8.21. The van der Waals surface area contributed by atoms with Crippen LogP contribution < -0.4 is 5.73 Å². The second-order valence-corrected chi connectivity index (χ2v) is 2.02. The quantitative estimate of drug-likeness (QED) is 0.411. The van der Waals surface area contributed by atoms with E-state index in [1.54, 1.807) is 12.1 Å². The molecule has 0 saturated heterocycles. The molecule has 4 heteroatoms. The van der Waals surface area contributed by atoms with Gasteiger partial charge in [-0.2, -0.15) is 10.5 Å². The number of nitrogens with two attached hydrogens (primary N) is 1. The van der Waals surface area contributed by atoms with E-state index in [9.17, 15) is 0 Å². The number of alkyl halides is 1. The molecule has 0 saturated carbocycles. The molecule has 0 spiro atoms. The Balaban J connectivity index is 4.49. The third-order valence-corrected chi connectivity index (χ3v) is 1.51. The van der Waals surface area contributed by atoms with Crippen LogP contribution in [0, 0.1) is 22.7 Å². The number of hydrogen-bond donors (Lipinski definition) is 1. The summed E-state index contributed by atoms with van der Waals surface area (Å²) in [5, 5.41) is 16.4. The maximum Gasteiger partial charge on any atom is 0.149 e. The molecule has 46 valence electrons. The second-order valence-electron chi connectivity index (χ2n) is 1.26. The Kier molecular flexibility index (Phi) is 3.81. The molecule has 0 unspecified atom stereocenters. The van der Waals surface area contributed by atoms with Crippen molar-refractivity contribution in [3.8, 4) is 12.1 Å². The smallest absolute Gasteiger partial charge is 0.149 e. The minimum Gasteiger partial charge on any atom is -0.400 e. The van der Waals surface area contributed by atoms with E-state index in [4.69, 9.17) is 16.3 Å². The van der Waals surface area contributed by atoms with E-state index < -0.39 is 0 Å². The maximum absolute atomic E-state index is 8.21. The van der Waals surface area contributed by atoms with Crippen molar-refractivity contribution in [1.29, 1.82) is 10.5 Å². The lowest BCUT2D eigenvalue weighted by molar-refractivity contribution is 1.30. The minimum atomic E-state index is 0.0180. The Hall–Kier alpha value is -0.750. The fraction of sp³-hybridized carbons (Fsp3) is 0.200. The van der Waals surface area contributed by atoms with Gasteiger partial charge in [-0.3, -0.25) is 0 Å². The van der Waals surface area contributed by atoms with Crippen molar-refractivity contribution in [2.24, 2.45) is 5.73 Å². The number of nitrogens with zero attached hydrogens (tertiary/aromatic N) is 2. The molecule has 0 aliphatic carbocycles. The van der Waals surface area contributed by atoms with Crippen LogP contribution in [0.15, 0.2) is 11.3 Å². The molecule has 0 atom stereocenters. The van der Waals surface area contributed by atoms with Crippen LogP contribution in [-0.2, 0) is 0 Å². The Morgan fingerprint density at radius 3 is 2.00 bits per heavy atom. The standard InChI is InChI=1S/C5H4IN3/c6-1-5(9)4(2-7)3-8/h1,9H2. The molecule has 0 heterocycles. The summed E-state index contributed by atoms with van der Waals surface area (Å²) in [7, 11) is 0. The Morgan fingerprint density at radius 1 is 1.44 bits per heavy atom. The van der Waals surface area contributed by atoms with Gasteiger partial charge in [0.1, 0.15) is 17.7 Å². The normalized spacial score (nSPS) is 7.00. The SMILES string of the molecule is N#CC(C#N)=C(N)CI. The molecule has 0 radical (unpaired) electrons. The summed E-state index contributed by atoms with van der Waals surface area (Å²) in [5.74, 6) is 0. The van der Waals surface area contributed by atoms with E-state index in [2.05, 4.69) is 0 Å². The molecule has 0 rings (SSSR count). The lowest BCUT2D eigenvalue weighted by Gasteiger charge is -1.89. The molecule has 3 nitrogen and oxygen atoms in total. The monoisotopic (exact) mass is 233 g/mol. The molecule has 0 amide bonds. The summed E-state index contributed by atoms with van der Waals surface area (Å²) in [6.45, 7) is 0. The largest absolute Gasteiger partial charge is 0.400 e. The van der Waals surface area contributed by atoms with Crippen LogP contribution >= 0.6 is 22.6 Å². The number of rotatable bonds is 1. The summed E-state index contributed by atoms with van der Waals surface area (Å²) in [4.78, 5) is 0. The van der Waals surface area contributed by atoms with E-state index in [1.165, 1.54) is 0 Å². The van der Waals surface area contributed by atoms with Crippen molar-refractivity contribution in [2.75, 3.05) is 4.43 Å². The first-order valence-electron chi connectivity index (χ1n) is 2.11. The van der Waals surface area contributed by atoms with Gasteiger partial charge < -0.3 is 5.73 Å². The number of nitriles is 2. The van der Waals surface area contributed by atoms with Gasteiger partial charge in [0.25, 0.3) is 0 Å². The van der Waals surface area contributed by atoms with Gasteiger partial charge >= 0.3 is 0 Å². The third-order valence-electron chi connectivity index (χ3n) is 0.689. The van der Waals surface area contributed by atoms with Crippen LogP contribution in [0.1, 0.15) is 0 Å². The average Bonchev–Trinajstić information content (AvgIpc) is 1.90. The molecular formula is C5H4IN3. The fourth-order valence-corrected chi connectivity index (χ4v) is 0.617. The predicted octanol–water partition coefficient (Wildman–Crippen LogP) is 0.681. The van der Waals surface area contributed by atoms with Crippen LogP contribution in [0.4, 0.5) is 0 Å². The highest BCUT2D eigenvalue weighted by Gasteiger charge is 1.97. The summed E-state index contributed by atoms with van der Waals surface area (Å²) in [6.07, 6.45) is 0. The van der Waals surface area contributed by atoms with Crippen LogP contribution in [0.25, 0.3) is 0 Å². The molecule has 0 aromatic carbocycles. The average molecular weight is 233 g/mol. The van der Waals surface area contributed by atoms with Crippen LogP contribution in [0.2, 0.25) is 0 Å². The van der Waals surface area contributed by atoms with Gasteiger partial charge in [0.15, 0.2) is 0 Å². The van der Waals surface area contributed by atoms with E-state index in [0.717, 1.165) is 0 Å². The first-order chi connectivity index (χ1) is 4.26. The Morgan fingerprint density at radius 2 is 1.89 bits per heavy atom. The van der Waals surface area contributed by atoms with E-state index in [1.807, 2.05) is 22.6 Å². The highest BCUT2D eigenvalue weighted by Crippen LogP contribution is 1.98. The molecule has 0 fully saturated rings. The predicted molar refractivity (Wildman–Crippen MR) is 41.3 cm³/mol. The Bertz CT molecular complexity index is 189. The zero-order chi connectivity index (χ0) is 7.28. The molecule has 0 aromatic rings. The topological polar surface area (TPSA) is 73.6 Å². The lowest BCUT2D eigenvalue weighted by atomic mass is 10.3. The molecular weight excluding hydrogens is 229 g/mol. The molecule has 0 bridgehead atoms. The van der Waals surface area contributed by atoms with E-state index in [-0.39, 0.29) is 5.57 Å². The van der Waals surface area contributed by atoms with Gasteiger partial charge in [-0.15, -0.1) is 0 Å². The summed E-state index contributed by atoms with van der Waals surface area (Å²) >= 11 is 1.99. The van der Waals surface area contributed by atoms with E-state index >= 15 is 0 Å². The zero-order valence-corrected chi connectivity index (χ0v) is 6.71. The first kappa shape index (κ1) is 8.25. The molecule has 0 aliphatic rings. The molecule has 9 heavy (non-hydrogen) atoms. The van der Waals surface area contributed by atoms with Gasteiger partial charge in [0, 0.05) is 10.1 Å². The molecule has 0 aromatic heterocycles. The summed E-state index contributed by atoms with van der Waals surface area (Å²) in [5.41, 5.74) is 5.63. The van der Waals surface area contributed by atoms with Crippen molar-refractivity contribution in [3.63, 3.8) is 0 Å².